The van der Waals surface area contributed by atoms with Gasteiger partial charge in [0.1, 0.15) is 11.3 Å². The number of aromatic nitrogens is 2. The largest absolute Gasteiger partial charge is 0.423 e. The van der Waals surface area contributed by atoms with Gasteiger partial charge in [0.05, 0.1) is 0 Å². The number of pyridine rings is 1. The van der Waals surface area contributed by atoms with Gasteiger partial charge in [-0.2, -0.15) is 4.98 Å². The van der Waals surface area contributed by atoms with Crippen molar-refractivity contribution in [3.8, 4) is 0 Å². The normalized spacial score (nSPS) is 15.5. The molecule has 0 atom stereocenters. The van der Waals surface area contributed by atoms with Gasteiger partial charge in [-0.25, -0.2) is 4.98 Å². The summed E-state index contributed by atoms with van der Waals surface area (Å²) in [7, 11) is 0. The topological polar surface area (TPSA) is 71.3 Å². The van der Waals surface area contributed by atoms with E-state index in [1.165, 1.54) is 0 Å². The number of fused-ring (bicyclic) bond motifs is 1. The van der Waals surface area contributed by atoms with Gasteiger partial charge < -0.3 is 14.6 Å². The molecule has 1 saturated heterocycles. The van der Waals surface area contributed by atoms with Crippen LogP contribution in [0.1, 0.15) is 18.4 Å². The van der Waals surface area contributed by atoms with Crippen molar-refractivity contribution in [2.75, 3.05) is 23.3 Å². The predicted molar refractivity (Wildman–Crippen MR) is 96.5 cm³/mol. The Balaban J connectivity index is 1.39. The summed E-state index contributed by atoms with van der Waals surface area (Å²) >= 11 is 0. The maximum atomic E-state index is 12.5. The first kappa shape index (κ1) is 15.6. The van der Waals surface area contributed by atoms with Crippen molar-refractivity contribution in [2.24, 2.45) is 5.92 Å². The van der Waals surface area contributed by atoms with Gasteiger partial charge in [-0.3, -0.25) is 4.79 Å². The number of hydrogen-bond donors (Lipinski definition) is 1. The van der Waals surface area contributed by atoms with Crippen LogP contribution in [0.4, 0.5) is 11.8 Å². The van der Waals surface area contributed by atoms with Gasteiger partial charge >= 0.3 is 0 Å². The number of benzene rings is 1. The van der Waals surface area contributed by atoms with Crippen LogP contribution in [0.25, 0.3) is 11.1 Å². The second kappa shape index (κ2) is 6.55. The van der Waals surface area contributed by atoms with Gasteiger partial charge in [0.25, 0.3) is 6.01 Å². The SMILES string of the molecule is Cc1cccnc1NC(=O)C1CCN(c2nc3ccccc3o2)CC1. The van der Waals surface area contributed by atoms with Crippen LogP contribution in [0.15, 0.2) is 47.0 Å². The monoisotopic (exact) mass is 336 g/mol. The summed E-state index contributed by atoms with van der Waals surface area (Å²) in [5.41, 5.74) is 2.63. The van der Waals surface area contributed by atoms with Crippen LogP contribution in [-0.4, -0.2) is 29.0 Å². The Hall–Kier alpha value is -2.89. The molecule has 0 radical (unpaired) electrons. The van der Waals surface area contributed by atoms with Gasteiger partial charge in [-0.1, -0.05) is 18.2 Å². The standard InChI is InChI=1S/C19H20N4O2/c1-13-5-4-10-20-17(13)22-18(24)14-8-11-23(12-9-14)19-21-15-6-2-3-7-16(15)25-19/h2-7,10,14H,8-9,11-12H2,1H3,(H,20,22,24). The molecule has 1 fully saturated rings. The summed E-state index contributed by atoms with van der Waals surface area (Å²) in [5, 5.41) is 2.95. The number of piperidine rings is 1. The molecule has 0 aliphatic carbocycles. The molecule has 4 rings (SSSR count). The highest BCUT2D eigenvalue weighted by molar-refractivity contribution is 5.92. The third-order valence-electron chi connectivity index (χ3n) is 4.67. The van der Waals surface area contributed by atoms with E-state index in [9.17, 15) is 4.79 Å². The smallest absolute Gasteiger partial charge is 0.298 e. The first-order valence-corrected chi connectivity index (χ1v) is 8.54. The molecule has 1 amide bonds. The Kier molecular flexibility index (Phi) is 4.09. The molecule has 3 heterocycles. The zero-order chi connectivity index (χ0) is 17.2. The lowest BCUT2D eigenvalue weighted by atomic mass is 9.96. The van der Waals surface area contributed by atoms with E-state index < -0.39 is 0 Å². The molecule has 128 valence electrons. The fourth-order valence-electron chi connectivity index (χ4n) is 3.16. The molecule has 25 heavy (non-hydrogen) atoms. The molecule has 1 N–H and O–H groups in total. The van der Waals surface area contributed by atoms with Crippen LogP contribution in [0.2, 0.25) is 0 Å². The number of nitrogens with one attached hydrogen (secondary N) is 1. The van der Waals surface area contributed by atoms with E-state index >= 15 is 0 Å². The molecule has 6 nitrogen and oxygen atoms in total. The highest BCUT2D eigenvalue weighted by Gasteiger charge is 2.27. The molecule has 6 heteroatoms. The molecule has 1 aromatic carbocycles. The summed E-state index contributed by atoms with van der Waals surface area (Å²) in [4.78, 5) is 23.4. The number of aryl methyl sites for hydroxylation is 1. The Labute approximate surface area is 145 Å². The lowest BCUT2D eigenvalue weighted by molar-refractivity contribution is -0.120. The minimum Gasteiger partial charge on any atom is -0.423 e. The molecule has 0 saturated carbocycles. The summed E-state index contributed by atoms with van der Waals surface area (Å²) in [5.74, 6) is 0.676. The van der Waals surface area contributed by atoms with E-state index in [-0.39, 0.29) is 11.8 Å². The van der Waals surface area contributed by atoms with Crippen molar-refractivity contribution >= 4 is 28.8 Å². The van der Waals surface area contributed by atoms with Crippen molar-refractivity contribution in [3.63, 3.8) is 0 Å². The second-order valence-electron chi connectivity index (χ2n) is 6.38. The number of carbonyl (C=O) groups excluding carboxylic acids is 1. The third-order valence-corrected chi connectivity index (χ3v) is 4.67. The van der Waals surface area contributed by atoms with Gasteiger partial charge in [0.2, 0.25) is 5.91 Å². The predicted octanol–water partition coefficient (Wildman–Crippen LogP) is 3.39. The maximum Gasteiger partial charge on any atom is 0.298 e. The highest BCUT2D eigenvalue weighted by Crippen LogP contribution is 2.27. The Morgan fingerprint density at radius 3 is 2.76 bits per heavy atom. The fourth-order valence-corrected chi connectivity index (χ4v) is 3.16. The second-order valence-corrected chi connectivity index (χ2v) is 6.38. The van der Waals surface area contributed by atoms with Crippen LogP contribution in [0.3, 0.4) is 0 Å². The van der Waals surface area contributed by atoms with E-state index in [1.54, 1.807) is 6.20 Å². The van der Waals surface area contributed by atoms with Crippen molar-refractivity contribution in [1.29, 1.82) is 0 Å². The average molecular weight is 336 g/mol. The summed E-state index contributed by atoms with van der Waals surface area (Å²) < 4.78 is 5.82. The van der Waals surface area contributed by atoms with Crippen LogP contribution >= 0.6 is 0 Å². The molecule has 2 aromatic heterocycles. The Bertz CT molecular complexity index is 864. The molecule has 3 aromatic rings. The number of amides is 1. The first-order chi connectivity index (χ1) is 12.2. The number of anilines is 2. The minimum atomic E-state index is -0.0120. The van der Waals surface area contributed by atoms with Crippen LogP contribution < -0.4 is 10.2 Å². The molecule has 0 unspecified atom stereocenters. The number of oxazole rings is 1. The molecular weight excluding hydrogens is 316 g/mol. The Morgan fingerprint density at radius 1 is 1.20 bits per heavy atom. The van der Waals surface area contributed by atoms with Gasteiger partial charge in [-0.05, 0) is 43.5 Å². The molecular formula is C19H20N4O2. The van der Waals surface area contributed by atoms with Crippen molar-refractivity contribution in [2.45, 2.75) is 19.8 Å². The number of nitrogens with zero attached hydrogens (tertiary/aromatic N) is 3. The van der Waals surface area contributed by atoms with Crippen molar-refractivity contribution in [1.82, 2.24) is 9.97 Å². The lowest BCUT2D eigenvalue weighted by Gasteiger charge is -2.30. The first-order valence-electron chi connectivity index (χ1n) is 8.54. The lowest BCUT2D eigenvalue weighted by Crippen LogP contribution is -2.38. The number of carbonyl (C=O) groups is 1. The van der Waals surface area contributed by atoms with Gasteiger partial charge in [-0.15, -0.1) is 0 Å². The van der Waals surface area contributed by atoms with Gasteiger partial charge in [0.15, 0.2) is 5.58 Å². The average Bonchev–Trinajstić information content (AvgIpc) is 3.08. The van der Waals surface area contributed by atoms with Crippen LogP contribution in [-0.2, 0) is 4.79 Å². The minimum absolute atomic E-state index is 0.0120. The van der Waals surface area contributed by atoms with E-state index in [2.05, 4.69) is 20.2 Å². The molecule has 0 bridgehead atoms. The summed E-state index contributed by atoms with van der Waals surface area (Å²) in [6, 6.07) is 12.2. The van der Waals surface area contributed by atoms with E-state index in [4.69, 9.17) is 4.42 Å². The molecule has 1 aliphatic heterocycles. The highest BCUT2D eigenvalue weighted by atomic mass is 16.4. The summed E-state index contributed by atoms with van der Waals surface area (Å²) in [6.07, 6.45) is 3.24. The van der Waals surface area contributed by atoms with Crippen LogP contribution in [0, 0.1) is 12.8 Å². The quantitative estimate of drug-likeness (QED) is 0.794. The van der Waals surface area contributed by atoms with E-state index in [1.807, 2.05) is 43.3 Å². The fraction of sp³-hybridized carbons (Fsp3) is 0.316. The van der Waals surface area contributed by atoms with Crippen LogP contribution in [0.5, 0.6) is 0 Å². The van der Waals surface area contributed by atoms with Crippen molar-refractivity contribution in [3.05, 3.63) is 48.2 Å². The van der Waals surface area contributed by atoms with Gasteiger partial charge in [0, 0.05) is 25.2 Å². The summed E-state index contributed by atoms with van der Waals surface area (Å²) in [6.45, 7) is 3.46. The zero-order valence-corrected chi connectivity index (χ0v) is 14.1. The maximum absolute atomic E-state index is 12.5. The van der Waals surface area contributed by atoms with E-state index in [0.717, 1.165) is 42.6 Å². The zero-order valence-electron chi connectivity index (χ0n) is 14.1. The Morgan fingerprint density at radius 2 is 2.00 bits per heavy atom. The third kappa shape index (κ3) is 3.20. The number of rotatable bonds is 3. The molecule has 1 aliphatic rings. The molecule has 0 spiro atoms. The van der Waals surface area contributed by atoms with E-state index in [0.29, 0.717) is 11.8 Å². The number of para-hydroxylation sites is 2. The van der Waals surface area contributed by atoms with Crippen molar-refractivity contribution < 1.29 is 9.21 Å². The number of hydrogen-bond acceptors (Lipinski definition) is 5.